The van der Waals surface area contributed by atoms with Crippen molar-refractivity contribution in [2.24, 2.45) is 11.5 Å². The molecule has 12 nitrogen and oxygen atoms in total. The van der Waals surface area contributed by atoms with E-state index >= 15 is 0 Å². The van der Waals surface area contributed by atoms with Gasteiger partial charge in [-0.25, -0.2) is 4.79 Å². The number of aliphatic hydroxyl groups excluding tert-OH is 1. The number of hydrogen-bond acceptors (Lipinski definition) is 8. The van der Waals surface area contributed by atoms with Crippen molar-refractivity contribution in [3.63, 3.8) is 0 Å². The Labute approximate surface area is 154 Å². The molecule has 0 saturated heterocycles. The van der Waals surface area contributed by atoms with Crippen LogP contribution in [0.4, 0.5) is 0 Å². The second-order valence-electron chi connectivity index (χ2n) is 5.30. The quantitative estimate of drug-likeness (QED) is 0.160. The van der Waals surface area contributed by atoms with Crippen LogP contribution < -0.4 is 27.4 Å². The number of carboxylic acids is 1. The van der Waals surface area contributed by atoms with Crippen LogP contribution in [0.1, 0.15) is 13.3 Å². The molecule has 0 spiro atoms. The van der Waals surface area contributed by atoms with Crippen molar-refractivity contribution in [3.8, 4) is 0 Å². The average Bonchev–Trinajstić information content (AvgIpc) is 2.55. The van der Waals surface area contributed by atoms with Gasteiger partial charge in [-0.1, -0.05) is 0 Å². The number of aliphatic carboxylic acids is 1. The van der Waals surface area contributed by atoms with Crippen LogP contribution in [0.3, 0.4) is 0 Å². The summed E-state index contributed by atoms with van der Waals surface area (Å²) in [5.41, 5.74) is 10.1. The number of nitrogens with two attached hydrogens (primary N) is 2. The molecule has 0 rings (SSSR count). The summed E-state index contributed by atoms with van der Waals surface area (Å²) < 4.78 is 0. The fourth-order valence-electron chi connectivity index (χ4n) is 1.77. The van der Waals surface area contributed by atoms with E-state index in [-0.39, 0.29) is 5.75 Å². The van der Waals surface area contributed by atoms with Gasteiger partial charge in [-0.05, 0) is 6.92 Å². The van der Waals surface area contributed by atoms with Gasteiger partial charge in [-0.3, -0.25) is 19.2 Å². The molecule has 0 saturated carbocycles. The molecule has 0 heterocycles. The zero-order valence-electron chi connectivity index (χ0n) is 14.0. The Kier molecular flexibility index (Phi) is 10.2. The summed E-state index contributed by atoms with van der Waals surface area (Å²) in [5.74, 6) is -5.20. The van der Waals surface area contributed by atoms with Crippen molar-refractivity contribution >= 4 is 42.2 Å². The van der Waals surface area contributed by atoms with Gasteiger partial charge in [0, 0.05) is 5.75 Å². The van der Waals surface area contributed by atoms with Crippen LogP contribution in [0.2, 0.25) is 0 Å². The van der Waals surface area contributed by atoms with Crippen LogP contribution in [0.15, 0.2) is 0 Å². The highest BCUT2D eigenvalue weighted by Gasteiger charge is 2.32. The Bertz CT molecular complexity index is 557. The number of thiol groups is 1. The van der Waals surface area contributed by atoms with Gasteiger partial charge in [-0.15, -0.1) is 0 Å². The maximum atomic E-state index is 12.2. The Morgan fingerprint density at radius 3 is 2.00 bits per heavy atom. The highest BCUT2D eigenvalue weighted by atomic mass is 32.1. The number of carboxylic acid groups (broad SMARTS) is 1. The molecule has 4 unspecified atom stereocenters. The molecule has 0 aromatic heterocycles. The number of primary amides is 1. The lowest BCUT2D eigenvalue weighted by Crippen LogP contribution is -2.59. The van der Waals surface area contributed by atoms with Gasteiger partial charge in [0.25, 0.3) is 0 Å². The molecule has 148 valence electrons. The fraction of sp³-hybridized carbons (Fsp3) is 0.615. The first kappa shape index (κ1) is 23.6. The second kappa shape index (κ2) is 11.3. The van der Waals surface area contributed by atoms with Crippen LogP contribution in [0.5, 0.6) is 0 Å². The van der Waals surface area contributed by atoms with Crippen LogP contribution in [0, 0.1) is 0 Å². The Morgan fingerprint density at radius 2 is 1.62 bits per heavy atom. The smallest absolute Gasteiger partial charge is 0.327 e. The van der Waals surface area contributed by atoms with Gasteiger partial charge >= 0.3 is 5.97 Å². The maximum absolute atomic E-state index is 12.2. The van der Waals surface area contributed by atoms with E-state index in [1.807, 2.05) is 0 Å². The van der Waals surface area contributed by atoms with Gasteiger partial charge in [0.05, 0.1) is 19.1 Å². The first-order valence-electron chi connectivity index (χ1n) is 7.43. The third kappa shape index (κ3) is 8.13. The van der Waals surface area contributed by atoms with Crippen molar-refractivity contribution in [1.29, 1.82) is 0 Å². The number of hydrogen-bond donors (Lipinski definition) is 8. The number of nitrogens with one attached hydrogen (secondary N) is 3. The van der Waals surface area contributed by atoms with Gasteiger partial charge in [0.1, 0.15) is 18.1 Å². The molecule has 0 bridgehead atoms. The zero-order valence-corrected chi connectivity index (χ0v) is 14.9. The predicted molar refractivity (Wildman–Crippen MR) is 91.8 cm³/mol. The van der Waals surface area contributed by atoms with E-state index in [1.165, 1.54) is 6.92 Å². The summed E-state index contributed by atoms with van der Waals surface area (Å²) in [7, 11) is 0. The van der Waals surface area contributed by atoms with E-state index in [4.69, 9.17) is 16.6 Å². The zero-order chi connectivity index (χ0) is 20.4. The molecule has 0 aromatic rings. The first-order chi connectivity index (χ1) is 12.0. The van der Waals surface area contributed by atoms with Gasteiger partial charge in [0.15, 0.2) is 0 Å². The molecule has 4 amide bonds. The molecule has 0 aromatic carbocycles. The third-order valence-corrected chi connectivity index (χ3v) is 3.47. The average molecular weight is 393 g/mol. The SMILES string of the molecule is CC(O)C(NC(=O)C(CC(N)=O)NC(=O)CN)C(=O)NC(CS)C(=O)O. The van der Waals surface area contributed by atoms with Crippen molar-refractivity contribution in [1.82, 2.24) is 16.0 Å². The topological polar surface area (TPSA) is 214 Å². The summed E-state index contributed by atoms with van der Waals surface area (Å²) in [6.45, 7) is 0.730. The van der Waals surface area contributed by atoms with Gasteiger partial charge in [-0.2, -0.15) is 12.6 Å². The van der Waals surface area contributed by atoms with Crippen molar-refractivity contribution in [3.05, 3.63) is 0 Å². The molecule has 0 aliphatic heterocycles. The number of carbonyl (C=O) groups is 5. The van der Waals surface area contributed by atoms with Crippen LogP contribution in [0.25, 0.3) is 0 Å². The molecule has 0 aliphatic carbocycles. The standard InChI is InChI=1S/C13H23N5O7S/c1-5(19)10(12(23)17-7(4-26)13(24)25)18-11(22)6(2-8(15)20)16-9(21)3-14/h5-7,10,19,26H,2-4,14H2,1H3,(H2,15,20)(H,16,21)(H,17,23)(H,18,22)(H,24,25). The monoisotopic (exact) mass is 393 g/mol. The van der Waals surface area contributed by atoms with E-state index in [1.54, 1.807) is 0 Å². The van der Waals surface area contributed by atoms with Crippen molar-refractivity contribution < 1.29 is 34.2 Å². The molecule has 0 fully saturated rings. The minimum Gasteiger partial charge on any atom is -0.480 e. The molecular formula is C13H23N5O7S. The Hall–Kier alpha value is -2.38. The van der Waals surface area contributed by atoms with Crippen molar-refractivity contribution in [2.75, 3.05) is 12.3 Å². The van der Waals surface area contributed by atoms with Gasteiger partial charge < -0.3 is 37.6 Å². The fourth-order valence-corrected chi connectivity index (χ4v) is 2.02. The lowest BCUT2D eigenvalue weighted by molar-refractivity contribution is -0.142. The normalized spacial score (nSPS) is 15.1. The predicted octanol–water partition coefficient (Wildman–Crippen LogP) is -4.33. The summed E-state index contributed by atoms with van der Waals surface area (Å²) >= 11 is 3.78. The molecule has 26 heavy (non-hydrogen) atoms. The van der Waals surface area contributed by atoms with Crippen LogP contribution >= 0.6 is 12.6 Å². The number of amides is 4. The number of carbonyl (C=O) groups excluding carboxylic acids is 4. The number of aliphatic hydroxyl groups is 1. The minimum absolute atomic E-state index is 0.224. The molecule has 13 heteroatoms. The highest BCUT2D eigenvalue weighted by molar-refractivity contribution is 7.80. The van der Waals surface area contributed by atoms with Crippen molar-refractivity contribution in [2.45, 2.75) is 37.6 Å². The minimum atomic E-state index is -1.55. The third-order valence-electron chi connectivity index (χ3n) is 3.10. The lowest BCUT2D eigenvalue weighted by Gasteiger charge is -2.25. The van der Waals surface area contributed by atoms with Gasteiger partial charge in [0.2, 0.25) is 23.6 Å². The highest BCUT2D eigenvalue weighted by Crippen LogP contribution is 2.00. The van der Waals surface area contributed by atoms with E-state index in [0.29, 0.717) is 0 Å². The van der Waals surface area contributed by atoms with Crippen LogP contribution in [-0.2, 0) is 24.0 Å². The largest absolute Gasteiger partial charge is 0.480 e. The first-order valence-corrected chi connectivity index (χ1v) is 8.06. The summed E-state index contributed by atoms with van der Waals surface area (Å²) in [4.78, 5) is 57.7. The summed E-state index contributed by atoms with van der Waals surface area (Å²) in [6.07, 6.45) is -1.98. The van der Waals surface area contributed by atoms with E-state index in [0.717, 1.165) is 0 Å². The molecule has 0 aliphatic rings. The molecule has 0 radical (unpaired) electrons. The Morgan fingerprint density at radius 1 is 1.04 bits per heavy atom. The summed E-state index contributed by atoms with van der Waals surface area (Å²) in [5, 5.41) is 25.0. The Balaban J connectivity index is 5.21. The van der Waals surface area contributed by atoms with E-state index < -0.39 is 66.8 Å². The number of rotatable bonds is 11. The van der Waals surface area contributed by atoms with E-state index in [2.05, 4.69) is 28.6 Å². The molecule has 9 N–H and O–H groups in total. The van der Waals surface area contributed by atoms with E-state index in [9.17, 15) is 29.1 Å². The lowest BCUT2D eigenvalue weighted by atomic mass is 10.1. The van der Waals surface area contributed by atoms with Crippen LogP contribution in [-0.4, -0.2) is 76.3 Å². The second-order valence-corrected chi connectivity index (χ2v) is 5.67. The summed E-state index contributed by atoms with van der Waals surface area (Å²) in [6, 6.07) is -4.31. The molecule has 4 atom stereocenters. The maximum Gasteiger partial charge on any atom is 0.327 e. The molecular weight excluding hydrogens is 370 g/mol.